The van der Waals surface area contributed by atoms with Crippen molar-refractivity contribution in [1.82, 2.24) is 0 Å². The Morgan fingerprint density at radius 3 is 2.10 bits per heavy atom. The largest absolute Gasteiger partial charge is 0.394 e. The van der Waals surface area contributed by atoms with E-state index in [1.54, 1.807) is 0 Å². The molecule has 1 saturated heterocycles. The summed E-state index contributed by atoms with van der Waals surface area (Å²) in [7, 11) is 0. The summed E-state index contributed by atoms with van der Waals surface area (Å²) in [5.41, 5.74) is -0.583. The molecule has 0 aliphatic carbocycles. The molecule has 1 aliphatic heterocycles. The van der Waals surface area contributed by atoms with Crippen molar-refractivity contribution in [3.05, 3.63) is 0 Å². The molecule has 1 heterocycles. The first kappa shape index (κ1) is 19.2. The normalized spacial score (nSPS) is 33.3. The highest BCUT2D eigenvalue weighted by Gasteiger charge is 2.43. The van der Waals surface area contributed by atoms with E-state index in [9.17, 15) is 15.3 Å². The lowest BCUT2D eigenvalue weighted by Crippen LogP contribution is -2.57. The molecule has 0 unspecified atom stereocenters. The van der Waals surface area contributed by atoms with E-state index >= 15 is 0 Å². The minimum absolute atomic E-state index is 0.362. The van der Waals surface area contributed by atoms with Crippen LogP contribution in [0.3, 0.4) is 0 Å². The Bertz CT molecular complexity index is 264. The molecular formula is C15H30O5S. The summed E-state index contributed by atoms with van der Waals surface area (Å²) in [5.74, 6) is 0.844. The lowest BCUT2D eigenvalue weighted by Gasteiger charge is -2.39. The average Bonchev–Trinajstić information content (AvgIpc) is 2.49. The molecule has 0 aromatic heterocycles. The molecule has 5 nitrogen and oxygen atoms in total. The number of aliphatic hydroxyl groups excluding tert-OH is 4. The smallest absolute Gasteiger partial charge is 0.132 e. The summed E-state index contributed by atoms with van der Waals surface area (Å²) in [6.07, 6.45) is 4.14. The maximum Gasteiger partial charge on any atom is 0.132 e. The van der Waals surface area contributed by atoms with Crippen molar-refractivity contribution in [1.29, 1.82) is 0 Å². The van der Waals surface area contributed by atoms with Crippen LogP contribution in [0.25, 0.3) is 0 Å². The van der Waals surface area contributed by atoms with Crippen LogP contribution in [-0.4, -0.2) is 62.6 Å². The molecule has 1 aliphatic rings. The van der Waals surface area contributed by atoms with E-state index in [2.05, 4.69) is 6.92 Å². The van der Waals surface area contributed by atoms with E-state index in [0.29, 0.717) is 0 Å². The maximum atomic E-state index is 9.88. The summed E-state index contributed by atoms with van der Waals surface area (Å²) in [6, 6.07) is 0. The lowest BCUT2D eigenvalue weighted by atomic mass is 10.0. The maximum absolute atomic E-state index is 9.88. The zero-order valence-corrected chi connectivity index (χ0v) is 13.7. The number of thioether (sulfide) groups is 1. The van der Waals surface area contributed by atoms with Crippen molar-refractivity contribution in [2.24, 2.45) is 0 Å². The highest BCUT2D eigenvalue weighted by atomic mass is 32.2. The van der Waals surface area contributed by atoms with E-state index in [0.717, 1.165) is 18.6 Å². The van der Waals surface area contributed by atoms with Gasteiger partial charge in [-0.3, -0.25) is 0 Å². The van der Waals surface area contributed by atoms with Crippen LogP contribution in [0.1, 0.15) is 51.9 Å². The zero-order chi connectivity index (χ0) is 15.7. The van der Waals surface area contributed by atoms with Gasteiger partial charge in [0.1, 0.15) is 29.9 Å². The molecule has 0 amide bonds. The predicted molar refractivity (Wildman–Crippen MR) is 84.2 cm³/mol. The SMILES string of the molecule is CCCCCCCCCS[C@@H]1O[C@H](CO)[C@@H](O)[C@H](O)[C@H]1O. The van der Waals surface area contributed by atoms with E-state index in [-0.39, 0.29) is 6.61 Å². The second kappa shape index (κ2) is 10.8. The minimum Gasteiger partial charge on any atom is -0.394 e. The minimum atomic E-state index is -1.26. The summed E-state index contributed by atoms with van der Waals surface area (Å²) in [6.45, 7) is 1.84. The molecule has 0 spiro atoms. The number of hydrogen-bond acceptors (Lipinski definition) is 6. The van der Waals surface area contributed by atoms with Crippen molar-refractivity contribution < 1.29 is 25.2 Å². The Labute approximate surface area is 131 Å². The van der Waals surface area contributed by atoms with Crippen molar-refractivity contribution in [3.8, 4) is 0 Å². The first-order chi connectivity index (χ1) is 10.1. The molecule has 0 saturated carbocycles. The van der Waals surface area contributed by atoms with Crippen LogP contribution in [0.5, 0.6) is 0 Å². The van der Waals surface area contributed by atoms with Gasteiger partial charge in [-0.15, -0.1) is 11.8 Å². The number of rotatable bonds is 10. The Morgan fingerprint density at radius 2 is 1.48 bits per heavy atom. The summed E-state index contributed by atoms with van der Waals surface area (Å²) in [4.78, 5) is 0. The molecule has 5 atom stereocenters. The van der Waals surface area contributed by atoms with Gasteiger partial charge in [-0.25, -0.2) is 0 Å². The van der Waals surface area contributed by atoms with Gasteiger partial charge in [0.15, 0.2) is 0 Å². The standard InChI is InChI=1S/C15H30O5S/c1-2-3-4-5-6-7-8-9-21-15-14(19)13(18)12(17)11(10-16)20-15/h11-19H,2-10H2,1H3/t11-,12-,13+,14-,15+/m1/s1. The second-order valence-electron chi connectivity index (χ2n) is 5.69. The fraction of sp³-hybridized carbons (Fsp3) is 1.00. The number of unbranched alkanes of at least 4 members (excludes halogenated alkanes) is 6. The number of ether oxygens (including phenoxy) is 1. The van der Waals surface area contributed by atoms with Crippen molar-refractivity contribution in [3.63, 3.8) is 0 Å². The zero-order valence-electron chi connectivity index (χ0n) is 12.9. The van der Waals surface area contributed by atoms with Crippen LogP contribution in [0, 0.1) is 0 Å². The molecule has 0 aromatic carbocycles. The van der Waals surface area contributed by atoms with Crippen LogP contribution < -0.4 is 0 Å². The monoisotopic (exact) mass is 322 g/mol. The van der Waals surface area contributed by atoms with E-state index in [4.69, 9.17) is 9.84 Å². The van der Waals surface area contributed by atoms with E-state index in [1.165, 1.54) is 43.9 Å². The van der Waals surface area contributed by atoms with Gasteiger partial charge in [-0.1, -0.05) is 45.4 Å². The third-order valence-corrected chi connectivity index (χ3v) is 5.12. The van der Waals surface area contributed by atoms with Gasteiger partial charge in [0.25, 0.3) is 0 Å². The quantitative estimate of drug-likeness (QED) is 0.453. The molecule has 126 valence electrons. The summed E-state index contributed by atoms with van der Waals surface area (Å²) >= 11 is 1.44. The lowest BCUT2D eigenvalue weighted by molar-refractivity contribution is -0.205. The fourth-order valence-corrected chi connectivity index (χ4v) is 3.65. The Morgan fingerprint density at radius 1 is 0.857 bits per heavy atom. The molecule has 0 radical (unpaired) electrons. The Kier molecular flexibility index (Phi) is 9.88. The van der Waals surface area contributed by atoms with Gasteiger partial charge in [-0.05, 0) is 12.2 Å². The summed E-state index contributed by atoms with van der Waals surface area (Å²) < 4.78 is 5.44. The van der Waals surface area contributed by atoms with Crippen molar-refractivity contribution >= 4 is 11.8 Å². The van der Waals surface area contributed by atoms with Crippen LogP contribution in [-0.2, 0) is 4.74 Å². The Balaban J connectivity index is 2.16. The molecule has 0 bridgehead atoms. The highest BCUT2D eigenvalue weighted by molar-refractivity contribution is 7.99. The average molecular weight is 322 g/mol. The molecule has 21 heavy (non-hydrogen) atoms. The van der Waals surface area contributed by atoms with Gasteiger partial charge >= 0.3 is 0 Å². The van der Waals surface area contributed by atoms with Gasteiger partial charge in [0.05, 0.1) is 6.61 Å². The van der Waals surface area contributed by atoms with Gasteiger partial charge in [0, 0.05) is 0 Å². The molecule has 1 fully saturated rings. The van der Waals surface area contributed by atoms with Gasteiger partial charge < -0.3 is 25.2 Å². The number of aliphatic hydroxyl groups is 4. The fourth-order valence-electron chi connectivity index (χ4n) is 2.46. The van der Waals surface area contributed by atoms with Crippen molar-refractivity contribution in [2.75, 3.05) is 12.4 Å². The predicted octanol–water partition coefficient (Wildman–Crippen LogP) is 1.27. The van der Waals surface area contributed by atoms with E-state index in [1.807, 2.05) is 0 Å². The highest BCUT2D eigenvalue weighted by Crippen LogP contribution is 2.29. The Hall–Kier alpha value is 0.150. The van der Waals surface area contributed by atoms with E-state index < -0.39 is 29.9 Å². The first-order valence-electron chi connectivity index (χ1n) is 8.04. The third kappa shape index (κ3) is 6.42. The topological polar surface area (TPSA) is 90.2 Å². The van der Waals surface area contributed by atoms with Crippen LogP contribution >= 0.6 is 11.8 Å². The first-order valence-corrected chi connectivity index (χ1v) is 9.08. The second-order valence-corrected chi connectivity index (χ2v) is 6.90. The van der Waals surface area contributed by atoms with Crippen molar-refractivity contribution in [2.45, 2.75) is 81.7 Å². The van der Waals surface area contributed by atoms with Gasteiger partial charge in [0.2, 0.25) is 0 Å². The summed E-state index contributed by atoms with van der Waals surface area (Å²) in [5, 5.41) is 38.4. The van der Waals surface area contributed by atoms with Crippen LogP contribution in [0.15, 0.2) is 0 Å². The molecule has 1 rings (SSSR count). The van der Waals surface area contributed by atoms with Gasteiger partial charge in [-0.2, -0.15) is 0 Å². The molecule has 0 aromatic rings. The third-order valence-electron chi connectivity index (χ3n) is 3.88. The molecular weight excluding hydrogens is 292 g/mol. The van der Waals surface area contributed by atoms with Crippen LogP contribution in [0.2, 0.25) is 0 Å². The van der Waals surface area contributed by atoms with Crippen LogP contribution in [0.4, 0.5) is 0 Å². The number of hydrogen-bond donors (Lipinski definition) is 4. The molecule has 4 N–H and O–H groups in total. The molecule has 6 heteroatoms.